The zero-order valence-electron chi connectivity index (χ0n) is 9.26. The Hall–Kier alpha value is -1.52. The zero-order chi connectivity index (χ0) is 12.5. The molecule has 4 heteroatoms. The Bertz CT molecular complexity index is 735. The number of para-hydroxylation sites is 1. The summed E-state index contributed by atoms with van der Waals surface area (Å²) in [5.41, 5.74) is 1.33. The van der Waals surface area contributed by atoms with E-state index in [1.165, 1.54) is 11.3 Å². The van der Waals surface area contributed by atoms with E-state index >= 15 is 0 Å². The second kappa shape index (κ2) is 4.63. The minimum absolute atomic E-state index is 0.0392. The minimum atomic E-state index is -0.0392. The molecule has 0 bridgehead atoms. The SMILES string of the molecule is O=C(c1ccc2ccccc2n1)c1sccc1Br. The fourth-order valence-corrected chi connectivity index (χ4v) is 3.26. The summed E-state index contributed by atoms with van der Waals surface area (Å²) in [6, 6.07) is 13.4. The van der Waals surface area contributed by atoms with Crippen molar-refractivity contribution in [1.82, 2.24) is 4.98 Å². The minimum Gasteiger partial charge on any atom is -0.286 e. The van der Waals surface area contributed by atoms with Crippen molar-refractivity contribution in [2.24, 2.45) is 0 Å². The Kier molecular flexibility index (Phi) is 2.97. The van der Waals surface area contributed by atoms with Gasteiger partial charge in [-0.2, -0.15) is 0 Å². The molecule has 3 rings (SSSR count). The number of benzene rings is 1. The van der Waals surface area contributed by atoms with Gasteiger partial charge in [0.2, 0.25) is 5.78 Å². The maximum atomic E-state index is 12.3. The average molecular weight is 318 g/mol. The molecule has 1 aromatic carbocycles. The van der Waals surface area contributed by atoms with E-state index < -0.39 is 0 Å². The van der Waals surface area contributed by atoms with Crippen LogP contribution in [0.25, 0.3) is 10.9 Å². The monoisotopic (exact) mass is 317 g/mol. The fraction of sp³-hybridized carbons (Fsp3) is 0. The van der Waals surface area contributed by atoms with Crippen LogP contribution in [-0.2, 0) is 0 Å². The zero-order valence-corrected chi connectivity index (χ0v) is 11.7. The van der Waals surface area contributed by atoms with Gasteiger partial charge in [0.05, 0.1) is 10.4 Å². The van der Waals surface area contributed by atoms with Crippen LogP contribution in [0.15, 0.2) is 52.3 Å². The van der Waals surface area contributed by atoms with Crippen molar-refractivity contribution >= 4 is 44.0 Å². The van der Waals surface area contributed by atoms with Crippen LogP contribution < -0.4 is 0 Å². The fourth-order valence-electron chi connectivity index (χ4n) is 1.76. The van der Waals surface area contributed by atoms with Gasteiger partial charge in [0.25, 0.3) is 0 Å². The molecule has 18 heavy (non-hydrogen) atoms. The standard InChI is InChI=1S/C14H8BrNOS/c15-10-7-8-18-14(10)13(17)12-6-5-9-3-1-2-4-11(9)16-12/h1-8H. The smallest absolute Gasteiger partial charge is 0.222 e. The van der Waals surface area contributed by atoms with Gasteiger partial charge < -0.3 is 0 Å². The van der Waals surface area contributed by atoms with Crippen molar-refractivity contribution in [3.8, 4) is 0 Å². The summed E-state index contributed by atoms with van der Waals surface area (Å²) in [4.78, 5) is 17.4. The molecule has 0 spiro atoms. The molecule has 0 aliphatic rings. The quantitative estimate of drug-likeness (QED) is 0.660. The molecule has 0 atom stereocenters. The molecule has 0 saturated heterocycles. The molecule has 0 amide bonds. The molecule has 2 aromatic heterocycles. The predicted octanol–water partition coefficient (Wildman–Crippen LogP) is 4.29. The van der Waals surface area contributed by atoms with Crippen LogP contribution in [0.5, 0.6) is 0 Å². The lowest BCUT2D eigenvalue weighted by atomic mass is 10.1. The number of carbonyl (C=O) groups is 1. The van der Waals surface area contributed by atoms with Gasteiger partial charge in [0.1, 0.15) is 5.69 Å². The number of nitrogens with zero attached hydrogens (tertiary/aromatic N) is 1. The second-order valence-corrected chi connectivity index (χ2v) is 5.59. The number of fused-ring (bicyclic) bond motifs is 1. The van der Waals surface area contributed by atoms with Gasteiger partial charge >= 0.3 is 0 Å². The lowest BCUT2D eigenvalue weighted by Gasteiger charge is -2.01. The van der Waals surface area contributed by atoms with Crippen molar-refractivity contribution < 1.29 is 4.79 Å². The number of hydrogen-bond donors (Lipinski definition) is 0. The Morgan fingerprint density at radius 2 is 1.94 bits per heavy atom. The first-order valence-corrected chi connectivity index (χ1v) is 7.06. The molecule has 0 N–H and O–H groups in total. The first-order valence-electron chi connectivity index (χ1n) is 5.39. The van der Waals surface area contributed by atoms with Crippen LogP contribution in [-0.4, -0.2) is 10.8 Å². The van der Waals surface area contributed by atoms with Crippen LogP contribution in [0.3, 0.4) is 0 Å². The number of ketones is 1. The number of thiophene rings is 1. The lowest BCUT2D eigenvalue weighted by Crippen LogP contribution is -2.02. The average Bonchev–Trinajstić information content (AvgIpc) is 2.83. The molecule has 0 aliphatic heterocycles. The Morgan fingerprint density at radius 3 is 2.72 bits per heavy atom. The summed E-state index contributed by atoms with van der Waals surface area (Å²) < 4.78 is 0.826. The third-order valence-electron chi connectivity index (χ3n) is 2.65. The summed E-state index contributed by atoms with van der Waals surface area (Å²) in [5.74, 6) is -0.0392. The molecule has 2 heterocycles. The van der Waals surface area contributed by atoms with Crippen molar-refractivity contribution in [2.45, 2.75) is 0 Å². The highest BCUT2D eigenvalue weighted by atomic mass is 79.9. The van der Waals surface area contributed by atoms with Gasteiger partial charge in [-0.25, -0.2) is 4.98 Å². The number of hydrogen-bond acceptors (Lipinski definition) is 3. The molecule has 0 radical (unpaired) electrons. The van der Waals surface area contributed by atoms with Gasteiger partial charge in [0, 0.05) is 9.86 Å². The molecule has 3 aromatic rings. The van der Waals surface area contributed by atoms with E-state index in [-0.39, 0.29) is 5.78 Å². The number of pyridine rings is 1. The first kappa shape index (κ1) is 11.6. The second-order valence-electron chi connectivity index (χ2n) is 3.82. The predicted molar refractivity (Wildman–Crippen MR) is 77.2 cm³/mol. The van der Waals surface area contributed by atoms with Gasteiger partial charge in [0.15, 0.2) is 0 Å². The van der Waals surface area contributed by atoms with Gasteiger partial charge in [-0.05, 0) is 39.5 Å². The van der Waals surface area contributed by atoms with E-state index in [1.54, 1.807) is 6.07 Å². The summed E-state index contributed by atoms with van der Waals surface area (Å²) in [7, 11) is 0. The van der Waals surface area contributed by atoms with E-state index in [1.807, 2.05) is 41.8 Å². The molecule has 0 saturated carbocycles. The molecule has 0 aliphatic carbocycles. The summed E-state index contributed by atoms with van der Waals surface area (Å²) in [6.07, 6.45) is 0. The molecule has 0 fully saturated rings. The largest absolute Gasteiger partial charge is 0.286 e. The topological polar surface area (TPSA) is 30.0 Å². The van der Waals surface area contributed by atoms with E-state index in [9.17, 15) is 4.79 Å². The number of carbonyl (C=O) groups excluding carboxylic acids is 1. The van der Waals surface area contributed by atoms with Crippen molar-refractivity contribution in [3.05, 3.63) is 62.9 Å². The molecule has 2 nitrogen and oxygen atoms in total. The van der Waals surface area contributed by atoms with E-state index in [0.29, 0.717) is 10.6 Å². The first-order chi connectivity index (χ1) is 8.75. The van der Waals surface area contributed by atoms with Crippen LogP contribution in [0.1, 0.15) is 15.4 Å². The van der Waals surface area contributed by atoms with Crippen molar-refractivity contribution in [1.29, 1.82) is 0 Å². The third-order valence-corrected chi connectivity index (χ3v) is 4.49. The van der Waals surface area contributed by atoms with E-state index in [0.717, 1.165) is 15.4 Å². The van der Waals surface area contributed by atoms with Crippen LogP contribution >= 0.6 is 27.3 Å². The maximum Gasteiger partial charge on any atom is 0.222 e. The Balaban J connectivity index is 2.10. The number of aromatic nitrogens is 1. The molecular weight excluding hydrogens is 310 g/mol. The highest BCUT2D eigenvalue weighted by Crippen LogP contribution is 2.25. The highest BCUT2D eigenvalue weighted by molar-refractivity contribution is 9.10. The third kappa shape index (κ3) is 1.98. The number of rotatable bonds is 2. The summed E-state index contributed by atoms with van der Waals surface area (Å²) in [6.45, 7) is 0. The van der Waals surface area contributed by atoms with Gasteiger partial charge in [-0.1, -0.05) is 24.3 Å². The van der Waals surface area contributed by atoms with Crippen molar-refractivity contribution in [2.75, 3.05) is 0 Å². The van der Waals surface area contributed by atoms with E-state index in [2.05, 4.69) is 20.9 Å². The molecule has 88 valence electrons. The van der Waals surface area contributed by atoms with Crippen molar-refractivity contribution in [3.63, 3.8) is 0 Å². The van der Waals surface area contributed by atoms with Crippen LogP contribution in [0.4, 0.5) is 0 Å². The lowest BCUT2D eigenvalue weighted by molar-refractivity contribution is 0.103. The van der Waals surface area contributed by atoms with E-state index in [4.69, 9.17) is 0 Å². The summed E-state index contributed by atoms with van der Waals surface area (Å²) >= 11 is 4.80. The van der Waals surface area contributed by atoms with Gasteiger partial charge in [-0.3, -0.25) is 4.79 Å². The maximum absolute atomic E-state index is 12.3. The molecule has 0 unspecified atom stereocenters. The van der Waals surface area contributed by atoms with Crippen LogP contribution in [0.2, 0.25) is 0 Å². The normalized spacial score (nSPS) is 10.7. The Morgan fingerprint density at radius 1 is 1.11 bits per heavy atom. The number of halogens is 1. The van der Waals surface area contributed by atoms with Crippen LogP contribution in [0, 0.1) is 0 Å². The highest BCUT2D eigenvalue weighted by Gasteiger charge is 2.15. The summed E-state index contributed by atoms with van der Waals surface area (Å²) in [5, 5.41) is 2.93. The Labute approximate surface area is 116 Å². The molecular formula is C14H8BrNOS. The van der Waals surface area contributed by atoms with Gasteiger partial charge in [-0.15, -0.1) is 11.3 Å².